The van der Waals surface area contributed by atoms with Crippen LogP contribution in [-0.2, 0) is 16.2 Å². The zero-order valence-electron chi connectivity index (χ0n) is 21.6. The lowest BCUT2D eigenvalue weighted by molar-refractivity contribution is -0.139. The van der Waals surface area contributed by atoms with Gasteiger partial charge in [0.15, 0.2) is 0 Å². The number of benzene rings is 3. The van der Waals surface area contributed by atoms with Crippen LogP contribution in [0.4, 0.5) is 0 Å². The molecule has 0 bridgehead atoms. The highest BCUT2D eigenvalue weighted by atomic mass is 35.5. The molecule has 38 heavy (non-hydrogen) atoms. The molecule has 3 aromatic carbocycles. The van der Waals surface area contributed by atoms with Crippen LogP contribution >= 0.6 is 23.2 Å². The Labute approximate surface area is 233 Å². The highest BCUT2D eigenvalue weighted by molar-refractivity contribution is 6.46. The van der Waals surface area contributed by atoms with Gasteiger partial charge in [0.1, 0.15) is 18.1 Å². The van der Waals surface area contributed by atoms with E-state index >= 15 is 0 Å². The number of halogens is 2. The van der Waals surface area contributed by atoms with Gasteiger partial charge >= 0.3 is 0 Å². The largest absolute Gasteiger partial charge is 0.507 e. The van der Waals surface area contributed by atoms with E-state index in [1.54, 1.807) is 36.4 Å². The van der Waals surface area contributed by atoms with Gasteiger partial charge in [-0.25, -0.2) is 0 Å². The summed E-state index contributed by atoms with van der Waals surface area (Å²) in [6.07, 6.45) is 0.657. The van der Waals surface area contributed by atoms with Crippen molar-refractivity contribution in [3.8, 4) is 5.75 Å². The molecule has 0 saturated carbocycles. The maximum atomic E-state index is 13.3. The SMILES string of the molecule is Cc1cc(C(O)=C2C(=O)C(=O)N(CCCN(C)C)C2c2ccc(Cl)c(Cl)c2)ccc1OCc1ccccc1. The van der Waals surface area contributed by atoms with Gasteiger partial charge in [0.05, 0.1) is 21.7 Å². The maximum Gasteiger partial charge on any atom is 0.295 e. The average Bonchev–Trinajstić information content (AvgIpc) is 3.14. The van der Waals surface area contributed by atoms with Crippen molar-refractivity contribution < 1.29 is 19.4 Å². The molecule has 1 aliphatic rings. The molecule has 1 saturated heterocycles. The van der Waals surface area contributed by atoms with Gasteiger partial charge in [0.2, 0.25) is 0 Å². The molecule has 1 N–H and O–H groups in total. The monoisotopic (exact) mass is 552 g/mol. The Morgan fingerprint density at radius 1 is 1.00 bits per heavy atom. The Morgan fingerprint density at radius 3 is 2.39 bits per heavy atom. The number of ether oxygens (including phenoxy) is 1. The number of Topliss-reactive ketones (excluding diaryl/α,β-unsaturated/α-hetero) is 1. The van der Waals surface area contributed by atoms with Gasteiger partial charge in [-0.2, -0.15) is 0 Å². The summed E-state index contributed by atoms with van der Waals surface area (Å²) in [6.45, 7) is 3.35. The molecule has 0 radical (unpaired) electrons. The number of carbonyl (C=O) groups excluding carboxylic acids is 2. The van der Waals surface area contributed by atoms with E-state index in [0.29, 0.717) is 46.5 Å². The molecule has 1 fully saturated rings. The molecule has 1 amide bonds. The second-order valence-corrected chi connectivity index (χ2v) is 10.4. The summed E-state index contributed by atoms with van der Waals surface area (Å²) in [5.41, 5.74) is 2.87. The van der Waals surface area contributed by atoms with Gasteiger partial charge < -0.3 is 19.6 Å². The number of ketones is 1. The summed E-state index contributed by atoms with van der Waals surface area (Å²) in [5.74, 6) is -0.964. The lowest BCUT2D eigenvalue weighted by atomic mass is 9.94. The van der Waals surface area contributed by atoms with Crippen molar-refractivity contribution in [2.24, 2.45) is 0 Å². The van der Waals surface area contributed by atoms with Gasteiger partial charge in [-0.1, -0.05) is 59.6 Å². The van der Waals surface area contributed by atoms with Crippen LogP contribution in [0.2, 0.25) is 10.0 Å². The minimum atomic E-state index is -0.791. The van der Waals surface area contributed by atoms with Crippen molar-refractivity contribution in [2.45, 2.75) is 26.0 Å². The minimum absolute atomic E-state index is 0.0237. The van der Waals surface area contributed by atoms with Gasteiger partial charge in [-0.15, -0.1) is 0 Å². The number of aliphatic hydroxyl groups is 1. The number of nitrogens with zero attached hydrogens (tertiary/aromatic N) is 2. The fourth-order valence-electron chi connectivity index (χ4n) is 4.55. The first-order chi connectivity index (χ1) is 18.2. The smallest absolute Gasteiger partial charge is 0.295 e. The number of aryl methyl sites for hydroxylation is 1. The summed E-state index contributed by atoms with van der Waals surface area (Å²) < 4.78 is 5.96. The Morgan fingerprint density at radius 2 is 1.74 bits per heavy atom. The fourth-order valence-corrected chi connectivity index (χ4v) is 4.85. The van der Waals surface area contributed by atoms with Crippen molar-refractivity contribution in [1.29, 1.82) is 0 Å². The number of hydrogen-bond acceptors (Lipinski definition) is 5. The van der Waals surface area contributed by atoms with Crippen LogP contribution in [0, 0.1) is 6.92 Å². The van der Waals surface area contributed by atoms with E-state index in [9.17, 15) is 14.7 Å². The van der Waals surface area contributed by atoms with Crippen molar-refractivity contribution in [2.75, 3.05) is 27.2 Å². The summed E-state index contributed by atoms with van der Waals surface area (Å²) in [5, 5.41) is 12.1. The van der Waals surface area contributed by atoms with Gasteiger partial charge in [0.25, 0.3) is 11.7 Å². The van der Waals surface area contributed by atoms with E-state index in [0.717, 1.165) is 17.7 Å². The average molecular weight is 553 g/mol. The second-order valence-electron chi connectivity index (χ2n) is 9.58. The number of aliphatic hydroxyl groups excluding tert-OH is 1. The number of likely N-dealkylation sites (tertiary alicyclic amines) is 1. The van der Waals surface area contributed by atoms with Crippen molar-refractivity contribution >= 4 is 40.7 Å². The minimum Gasteiger partial charge on any atom is -0.507 e. The lowest BCUT2D eigenvalue weighted by Gasteiger charge is -2.26. The molecule has 8 heteroatoms. The van der Waals surface area contributed by atoms with E-state index in [1.165, 1.54) is 4.90 Å². The number of hydrogen-bond donors (Lipinski definition) is 1. The summed E-state index contributed by atoms with van der Waals surface area (Å²) in [6, 6.07) is 19.2. The predicted molar refractivity (Wildman–Crippen MR) is 151 cm³/mol. The van der Waals surface area contributed by atoms with Crippen LogP contribution in [0.25, 0.3) is 5.76 Å². The standard InChI is InChI=1S/C30H30Cl2N2O4/c1-19-16-22(11-13-25(19)38-18-20-8-5-4-6-9-20)28(35)26-27(21-10-12-23(31)24(32)17-21)34(30(37)29(26)36)15-7-14-33(2)3/h4-6,8-13,16-17,27,35H,7,14-15,18H2,1-3H3. The molecule has 198 valence electrons. The van der Waals surface area contributed by atoms with E-state index in [2.05, 4.69) is 0 Å². The molecule has 6 nitrogen and oxygen atoms in total. The Bertz CT molecular complexity index is 1370. The molecule has 0 spiro atoms. The van der Waals surface area contributed by atoms with Crippen LogP contribution in [0.3, 0.4) is 0 Å². The molecule has 1 heterocycles. The highest BCUT2D eigenvalue weighted by Crippen LogP contribution is 2.41. The lowest BCUT2D eigenvalue weighted by Crippen LogP contribution is -2.32. The Hall–Kier alpha value is -3.32. The number of carbonyl (C=O) groups is 2. The van der Waals surface area contributed by atoms with Crippen LogP contribution < -0.4 is 4.74 Å². The van der Waals surface area contributed by atoms with E-state index in [4.69, 9.17) is 27.9 Å². The van der Waals surface area contributed by atoms with Crippen LogP contribution in [-0.4, -0.2) is 53.8 Å². The van der Waals surface area contributed by atoms with E-state index in [1.807, 2.05) is 56.3 Å². The molecule has 3 aromatic rings. The third kappa shape index (κ3) is 6.04. The molecular weight excluding hydrogens is 523 g/mol. The molecule has 1 unspecified atom stereocenters. The van der Waals surface area contributed by atoms with Gasteiger partial charge in [-0.3, -0.25) is 9.59 Å². The summed E-state index contributed by atoms with van der Waals surface area (Å²) in [4.78, 5) is 29.9. The van der Waals surface area contributed by atoms with Gasteiger partial charge in [-0.05, 0) is 81.0 Å². The first-order valence-corrected chi connectivity index (χ1v) is 13.1. The van der Waals surface area contributed by atoms with Crippen molar-refractivity contribution in [1.82, 2.24) is 9.80 Å². The third-order valence-electron chi connectivity index (χ3n) is 6.49. The van der Waals surface area contributed by atoms with Gasteiger partial charge in [0, 0.05) is 12.1 Å². The van der Waals surface area contributed by atoms with E-state index < -0.39 is 17.7 Å². The highest BCUT2D eigenvalue weighted by Gasteiger charge is 2.46. The molecule has 4 rings (SSSR count). The van der Waals surface area contributed by atoms with Crippen LogP contribution in [0.1, 0.15) is 34.7 Å². The fraction of sp³-hybridized carbons (Fsp3) is 0.267. The quantitative estimate of drug-likeness (QED) is 0.193. The summed E-state index contributed by atoms with van der Waals surface area (Å²) in [7, 11) is 3.89. The number of amides is 1. The number of rotatable bonds is 9. The van der Waals surface area contributed by atoms with Crippen LogP contribution in [0.15, 0.2) is 72.3 Å². The Balaban J connectivity index is 1.70. The molecular formula is C30H30Cl2N2O4. The van der Waals surface area contributed by atoms with Crippen molar-refractivity contribution in [3.05, 3.63) is 105 Å². The first kappa shape index (κ1) is 27.7. The summed E-state index contributed by atoms with van der Waals surface area (Å²) >= 11 is 12.4. The molecule has 1 aliphatic heterocycles. The molecule has 1 atom stereocenters. The normalized spacial score (nSPS) is 16.9. The predicted octanol–water partition coefficient (Wildman–Crippen LogP) is 6.25. The first-order valence-electron chi connectivity index (χ1n) is 12.3. The zero-order valence-corrected chi connectivity index (χ0v) is 23.1. The molecule has 0 aromatic heterocycles. The van der Waals surface area contributed by atoms with Crippen LogP contribution in [0.5, 0.6) is 5.75 Å². The topological polar surface area (TPSA) is 70.1 Å². The third-order valence-corrected chi connectivity index (χ3v) is 7.23. The zero-order chi connectivity index (χ0) is 27.4. The van der Waals surface area contributed by atoms with Crippen molar-refractivity contribution in [3.63, 3.8) is 0 Å². The second kappa shape index (κ2) is 12.0. The molecule has 0 aliphatic carbocycles. The van der Waals surface area contributed by atoms with E-state index in [-0.39, 0.29) is 11.3 Å². The Kier molecular flexibility index (Phi) is 8.77. The maximum absolute atomic E-state index is 13.3.